The maximum Gasteiger partial charge on any atom is 0.227 e. The second-order valence-corrected chi connectivity index (χ2v) is 5.63. The summed E-state index contributed by atoms with van der Waals surface area (Å²) in [6.45, 7) is 5.57. The average Bonchev–Trinajstić information content (AvgIpc) is 2.43. The lowest BCUT2D eigenvalue weighted by molar-refractivity contribution is -0.120. The molecule has 2 rings (SSSR count). The van der Waals surface area contributed by atoms with Gasteiger partial charge in [-0.25, -0.2) is 0 Å². The largest absolute Gasteiger partial charge is 0.385 e. The molecule has 2 N–H and O–H groups in total. The van der Waals surface area contributed by atoms with Crippen molar-refractivity contribution in [1.29, 1.82) is 0 Å². The van der Waals surface area contributed by atoms with Crippen LogP contribution >= 0.6 is 0 Å². The van der Waals surface area contributed by atoms with Crippen LogP contribution in [0.5, 0.6) is 0 Å². The zero-order chi connectivity index (χ0) is 15.5. The normalized spacial score (nSPS) is 13.5. The molecule has 0 aliphatic heterocycles. The number of nitrogens with one attached hydrogen (secondary N) is 1. The van der Waals surface area contributed by atoms with Crippen LogP contribution in [0.1, 0.15) is 30.0 Å². The molecule has 0 spiro atoms. The molecule has 1 unspecified atom stereocenters. The summed E-state index contributed by atoms with van der Waals surface area (Å²) in [5.74, 6) is -0.193. The molecule has 0 saturated carbocycles. The van der Waals surface area contributed by atoms with Crippen molar-refractivity contribution in [2.45, 2.75) is 32.8 Å². The molecule has 0 aliphatic rings. The van der Waals surface area contributed by atoms with Crippen molar-refractivity contribution in [2.24, 2.45) is 0 Å². The average molecular weight is 283 g/mol. The zero-order valence-corrected chi connectivity index (χ0v) is 12.7. The lowest BCUT2D eigenvalue weighted by Gasteiger charge is -2.23. The second kappa shape index (κ2) is 6.10. The minimum absolute atomic E-state index is 0.0186. The first kappa shape index (κ1) is 15.3. The molecule has 0 heterocycles. The van der Waals surface area contributed by atoms with Gasteiger partial charge in [-0.3, -0.25) is 4.79 Å². The summed E-state index contributed by atoms with van der Waals surface area (Å²) in [5, 5.41) is 13.4. The van der Waals surface area contributed by atoms with Gasteiger partial charge in [-0.1, -0.05) is 48.5 Å². The monoisotopic (exact) mass is 283 g/mol. The molecule has 1 atom stereocenters. The first-order valence-electron chi connectivity index (χ1n) is 7.04. The number of amides is 1. The van der Waals surface area contributed by atoms with Crippen molar-refractivity contribution in [3.63, 3.8) is 0 Å². The summed E-state index contributed by atoms with van der Waals surface area (Å²) >= 11 is 0. The second-order valence-electron chi connectivity index (χ2n) is 5.63. The van der Waals surface area contributed by atoms with Gasteiger partial charge in [0.25, 0.3) is 0 Å². The highest BCUT2D eigenvalue weighted by molar-refractivity contribution is 5.93. The van der Waals surface area contributed by atoms with Crippen LogP contribution < -0.4 is 5.32 Å². The van der Waals surface area contributed by atoms with Gasteiger partial charge in [0.1, 0.15) is 0 Å². The lowest BCUT2D eigenvalue weighted by atomic mass is 9.92. The van der Waals surface area contributed by atoms with E-state index in [0.29, 0.717) is 0 Å². The minimum atomic E-state index is -1.18. The van der Waals surface area contributed by atoms with E-state index in [9.17, 15) is 9.90 Å². The van der Waals surface area contributed by atoms with E-state index in [1.807, 2.05) is 62.4 Å². The summed E-state index contributed by atoms with van der Waals surface area (Å²) in [4.78, 5) is 12.2. The van der Waals surface area contributed by atoms with Gasteiger partial charge >= 0.3 is 0 Å². The Labute approximate surface area is 125 Å². The van der Waals surface area contributed by atoms with E-state index in [4.69, 9.17) is 0 Å². The van der Waals surface area contributed by atoms with Crippen molar-refractivity contribution >= 4 is 11.6 Å². The third-order valence-corrected chi connectivity index (χ3v) is 3.65. The van der Waals surface area contributed by atoms with Crippen LogP contribution in [-0.2, 0) is 10.4 Å². The van der Waals surface area contributed by atoms with Crippen LogP contribution in [0.2, 0.25) is 0 Å². The Balaban J connectivity index is 2.12. The number of aryl methyl sites for hydroxylation is 2. The molecule has 0 bridgehead atoms. The SMILES string of the molecule is Cc1cccc(C)c1NC(=O)CC(C)(O)c1ccccc1. The molecule has 110 valence electrons. The van der Waals surface area contributed by atoms with Crippen LogP contribution in [0.4, 0.5) is 5.69 Å². The van der Waals surface area contributed by atoms with Gasteiger partial charge in [-0.15, -0.1) is 0 Å². The van der Waals surface area contributed by atoms with Crippen LogP contribution in [-0.4, -0.2) is 11.0 Å². The summed E-state index contributed by atoms with van der Waals surface area (Å²) in [7, 11) is 0. The Hall–Kier alpha value is -2.13. The molecular formula is C18H21NO2. The summed E-state index contributed by atoms with van der Waals surface area (Å²) in [6.07, 6.45) is 0.0186. The van der Waals surface area contributed by atoms with Crippen molar-refractivity contribution < 1.29 is 9.90 Å². The fraction of sp³-hybridized carbons (Fsp3) is 0.278. The maximum absolute atomic E-state index is 12.2. The van der Waals surface area contributed by atoms with Crippen LogP contribution in [0.3, 0.4) is 0 Å². The van der Waals surface area contributed by atoms with Gasteiger partial charge in [-0.2, -0.15) is 0 Å². The van der Waals surface area contributed by atoms with Crippen molar-refractivity contribution in [3.8, 4) is 0 Å². The van der Waals surface area contributed by atoms with Crippen LogP contribution in [0.25, 0.3) is 0 Å². The Morgan fingerprint density at radius 1 is 1.05 bits per heavy atom. The van der Waals surface area contributed by atoms with Gasteiger partial charge in [-0.05, 0) is 37.5 Å². The van der Waals surface area contributed by atoms with E-state index in [1.165, 1.54) is 0 Å². The minimum Gasteiger partial charge on any atom is -0.385 e. The first-order chi connectivity index (χ1) is 9.90. The van der Waals surface area contributed by atoms with E-state index in [2.05, 4.69) is 5.32 Å². The van der Waals surface area contributed by atoms with Gasteiger partial charge < -0.3 is 10.4 Å². The topological polar surface area (TPSA) is 49.3 Å². The molecular weight excluding hydrogens is 262 g/mol. The van der Waals surface area contributed by atoms with Gasteiger partial charge in [0, 0.05) is 5.69 Å². The number of para-hydroxylation sites is 1. The Kier molecular flexibility index (Phi) is 4.43. The van der Waals surface area contributed by atoms with E-state index < -0.39 is 5.60 Å². The zero-order valence-electron chi connectivity index (χ0n) is 12.7. The van der Waals surface area contributed by atoms with Gasteiger partial charge in [0.2, 0.25) is 5.91 Å². The molecule has 1 amide bonds. The fourth-order valence-corrected chi connectivity index (χ4v) is 2.41. The summed E-state index contributed by atoms with van der Waals surface area (Å²) < 4.78 is 0. The van der Waals surface area contributed by atoms with Gasteiger partial charge in [0.15, 0.2) is 0 Å². The predicted molar refractivity (Wildman–Crippen MR) is 85.2 cm³/mol. The van der Waals surface area contributed by atoms with Crippen molar-refractivity contribution in [1.82, 2.24) is 0 Å². The highest BCUT2D eigenvalue weighted by Crippen LogP contribution is 2.26. The smallest absolute Gasteiger partial charge is 0.227 e. The molecule has 0 radical (unpaired) electrons. The number of aliphatic hydroxyl groups is 1. The van der Waals surface area contributed by atoms with E-state index in [-0.39, 0.29) is 12.3 Å². The molecule has 2 aromatic carbocycles. The van der Waals surface area contributed by atoms with E-state index in [1.54, 1.807) is 6.92 Å². The highest BCUT2D eigenvalue weighted by Gasteiger charge is 2.26. The lowest BCUT2D eigenvalue weighted by Crippen LogP contribution is -2.28. The number of anilines is 1. The van der Waals surface area contributed by atoms with E-state index >= 15 is 0 Å². The molecule has 2 aromatic rings. The molecule has 0 saturated heterocycles. The number of hydrogen-bond donors (Lipinski definition) is 2. The molecule has 3 heteroatoms. The molecule has 21 heavy (non-hydrogen) atoms. The number of rotatable bonds is 4. The highest BCUT2D eigenvalue weighted by atomic mass is 16.3. The first-order valence-corrected chi connectivity index (χ1v) is 7.04. The quantitative estimate of drug-likeness (QED) is 0.901. The van der Waals surface area contributed by atoms with Crippen LogP contribution in [0.15, 0.2) is 48.5 Å². The van der Waals surface area contributed by atoms with Crippen molar-refractivity contribution in [2.75, 3.05) is 5.32 Å². The third-order valence-electron chi connectivity index (χ3n) is 3.65. The van der Waals surface area contributed by atoms with Crippen molar-refractivity contribution in [3.05, 3.63) is 65.2 Å². The summed E-state index contributed by atoms with van der Waals surface area (Å²) in [5.41, 5.74) is 2.42. The predicted octanol–water partition coefficient (Wildman–Crippen LogP) is 3.54. The standard InChI is InChI=1S/C18H21NO2/c1-13-8-7-9-14(2)17(13)19-16(20)12-18(3,21)15-10-5-4-6-11-15/h4-11,21H,12H2,1-3H3,(H,19,20). The van der Waals surface area contributed by atoms with Gasteiger partial charge in [0.05, 0.1) is 12.0 Å². The third kappa shape index (κ3) is 3.70. The number of carbonyl (C=O) groups excluding carboxylic acids is 1. The Bertz CT molecular complexity index is 613. The molecule has 0 aliphatic carbocycles. The number of carbonyl (C=O) groups is 1. The molecule has 0 fully saturated rings. The Morgan fingerprint density at radius 3 is 2.19 bits per heavy atom. The Morgan fingerprint density at radius 2 is 1.62 bits per heavy atom. The molecule has 0 aromatic heterocycles. The maximum atomic E-state index is 12.2. The van der Waals surface area contributed by atoms with E-state index in [0.717, 1.165) is 22.4 Å². The number of hydrogen-bond acceptors (Lipinski definition) is 2. The number of benzene rings is 2. The van der Waals surface area contributed by atoms with Crippen LogP contribution in [0, 0.1) is 13.8 Å². The summed E-state index contributed by atoms with van der Waals surface area (Å²) in [6, 6.07) is 15.1. The molecule has 3 nitrogen and oxygen atoms in total. The fourth-order valence-electron chi connectivity index (χ4n) is 2.41.